The number of carbonyl (C=O) groups is 1. The van der Waals surface area contributed by atoms with Crippen molar-refractivity contribution in [2.75, 3.05) is 13.1 Å². The van der Waals surface area contributed by atoms with Crippen LogP contribution < -0.4 is 0 Å². The van der Waals surface area contributed by atoms with Crippen LogP contribution >= 0.6 is 0 Å². The first-order valence-electron chi connectivity index (χ1n) is 3.89. The molecular weight excluding hydrogens is 160 g/mol. The van der Waals surface area contributed by atoms with Crippen molar-refractivity contribution < 1.29 is 15.1 Å². The van der Waals surface area contributed by atoms with Gasteiger partial charge in [0, 0.05) is 25.2 Å². The zero-order chi connectivity index (χ0) is 8.97. The Labute approximate surface area is 70.3 Å². The van der Waals surface area contributed by atoms with Gasteiger partial charge >= 0.3 is 6.09 Å². The fourth-order valence-corrected chi connectivity index (χ4v) is 1.33. The summed E-state index contributed by atoms with van der Waals surface area (Å²) in [6.45, 7) is 1.07. The number of rotatable bonds is 1. The minimum Gasteiger partial charge on any atom is -0.465 e. The lowest BCUT2D eigenvalue weighted by molar-refractivity contribution is 0.131. The summed E-state index contributed by atoms with van der Waals surface area (Å²) < 4.78 is 0. The lowest BCUT2D eigenvalue weighted by Crippen LogP contribution is -2.37. The number of piperidine rings is 1. The Morgan fingerprint density at radius 2 is 2.08 bits per heavy atom. The van der Waals surface area contributed by atoms with Crippen LogP contribution in [0.5, 0.6) is 0 Å². The number of likely N-dealkylation sites (tertiary alicyclic amines) is 1. The van der Waals surface area contributed by atoms with Crippen LogP contribution in [0.4, 0.5) is 4.79 Å². The van der Waals surface area contributed by atoms with Gasteiger partial charge < -0.3 is 15.2 Å². The van der Waals surface area contributed by atoms with Crippen molar-refractivity contribution in [1.29, 1.82) is 0 Å². The Hall–Kier alpha value is -1.26. The lowest BCUT2D eigenvalue weighted by atomic mass is 9.99. The smallest absolute Gasteiger partial charge is 0.407 e. The monoisotopic (exact) mass is 172 g/mol. The summed E-state index contributed by atoms with van der Waals surface area (Å²) in [5, 5.41) is 19.8. The highest BCUT2D eigenvalue weighted by atomic mass is 16.4. The van der Waals surface area contributed by atoms with E-state index in [2.05, 4.69) is 5.16 Å². The molecule has 5 heteroatoms. The van der Waals surface area contributed by atoms with Crippen LogP contribution in [0.3, 0.4) is 0 Å². The molecule has 0 radical (unpaired) electrons. The third kappa shape index (κ3) is 2.11. The van der Waals surface area contributed by atoms with E-state index in [-0.39, 0.29) is 5.92 Å². The van der Waals surface area contributed by atoms with Gasteiger partial charge in [-0.05, 0) is 12.8 Å². The summed E-state index contributed by atoms with van der Waals surface area (Å²) in [6.07, 6.45) is 2.10. The molecule has 1 aliphatic heterocycles. The Morgan fingerprint density at radius 3 is 2.50 bits per heavy atom. The van der Waals surface area contributed by atoms with Gasteiger partial charge in [0.2, 0.25) is 0 Å². The predicted octanol–water partition coefficient (Wildman–Crippen LogP) is 0.836. The molecule has 1 amide bonds. The number of amides is 1. The topological polar surface area (TPSA) is 73.1 Å². The van der Waals surface area contributed by atoms with E-state index in [0.717, 1.165) is 12.8 Å². The van der Waals surface area contributed by atoms with Gasteiger partial charge in [-0.1, -0.05) is 0 Å². The maximum absolute atomic E-state index is 10.5. The molecule has 0 spiro atoms. The van der Waals surface area contributed by atoms with Gasteiger partial charge in [0.1, 0.15) is 0 Å². The summed E-state index contributed by atoms with van der Waals surface area (Å²) in [4.78, 5) is 11.8. The molecule has 1 rings (SSSR count). The second-order valence-electron chi connectivity index (χ2n) is 2.87. The summed E-state index contributed by atoms with van der Waals surface area (Å²) in [5.74, 6) is 0.227. The van der Waals surface area contributed by atoms with Gasteiger partial charge in [-0.15, -0.1) is 5.16 Å². The van der Waals surface area contributed by atoms with Crippen LogP contribution in [0.15, 0.2) is 5.16 Å². The minimum atomic E-state index is -0.866. The Bertz CT molecular complexity index is 185. The normalized spacial score (nSPS) is 20.2. The number of hydrogen-bond acceptors (Lipinski definition) is 3. The minimum absolute atomic E-state index is 0.227. The number of hydrogen-bond donors (Lipinski definition) is 2. The van der Waals surface area contributed by atoms with Crippen LogP contribution in [-0.2, 0) is 0 Å². The molecule has 0 aromatic carbocycles. The Kier molecular flexibility index (Phi) is 2.90. The molecule has 0 aromatic heterocycles. The van der Waals surface area contributed by atoms with Gasteiger partial charge in [-0.2, -0.15) is 0 Å². The average Bonchev–Trinajstić information content (AvgIpc) is 2.06. The van der Waals surface area contributed by atoms with Crippen LogP contribution in [0.1, 0.15) is 12.8 Å². The first-order valence-corrected chi connectivity index (χ1v) is 3.89. The molecule has 0 aliphatic carbocycles. The van der Waals surface area contributed by atoms with Crippen molar-refractivity contribution in [2.24, 2.45) is 11.1 Å². The summed E-state index contributed by atoms with van der Waals surface area (Å²) >= 11 is 0. The van der Waals surface area contributed by atoms with E-state index in [4.69, 9.17) is 10.3 Å². The fraction of sp³-hybridized carbons (Fsp3) is 0.714. The van der Waals surface area contributed by atoms with E-state index in [1.54, 1.807) is 0 Å². The highest BCUT2D eigenvalue weighted by molar-refractivity contribution is 5.66. The van der Waals surface area contributed by atoms with Crippen molar-refractivity contribution in [3.05, 3.63) is 0 Å². The Balaban J connectivity index is 2.34. The van der Waals surface area contributed by atoms with Gasteiger partial charge in [-0.3, -0.25) is 0 Å². The number of nitrogens with zero attached hydrogens (tertiary/aromatic N) is 2. The highest BCUT2D eigenvalue weighted by Gasteiger charge is 2.20. The predicted molar refractivity (Wildman–Crippen MR) is 42.6 cm³/mol. The third-order valence-corrected chi connectivity index (χ3v) is 2.09. The maximum Gasteiger partial charge on any atom is 0.407 e. The molecule has 5 nitrogen and oxygen atoms in total. The molecule has 1 aliphatic rings. The maximum atomic E-state index is 10.5. The van der Waals surface area contributed by atoms with E-state index < -0.39 is 6.09 Å². The first kappa shape index (κ1) is 8.83. The second kappa shape index (κ2) is 3.94. The largest absolute Gasteiger partial charge is 0.465 e. The van der Waals surface area contributed by atoms with E-state index >= 15 is 0 Å². The average molecular weight is 172 g/mol. The molecule has 1 saturated heterocycles. The Morgan fingerprint density at radius 1 is 1.50 bits per heavy atom. The number of carboxylic acid groups (broad SMARTS) is 1. The van der Waals surface area contributed by atoms with Gasteiger partial charge in [0.25, 0.3) is 0 Å². The SMILES string of the molecule is O=C(O)N1CCC(/C=N\O)CC1. The van der Waals surface area contributed by atoms with Crippen molar-refractivity contribution in [2.45, 2.75) is 12.8 Å². The molecule has 0 unspecified atom stereocenters. The van der Waals surface area contributed by atoms with E-state index in [1.165, 1.54) is 11.1 Å². The van der Waals surface area contributed by atoms with Crippen molar-refractivity contribution in [3.63, 3.8) is 0 Å². The first-order chi connectivity index (χ1) is 5.74. The van der Waals surface area contributed by atoms with Gasteiger partial charge in [-0.25, -0.2) is 4.79 Å². The molecule has 0 bridgehead atoms. The summed E-state index contributed by atoms with van der Waals surface area (Å²) in [5.41, 5.74) is 0. The molecule has 68 valence electrons. The standard InChI is InChI=1S/C7H12N2O3/c10-7(11)9-3-1-6(2-4-9)5-8-12/h5-6,12H,1-4H2,(H,10,11)/b8-5-. The second-order valence-corrected chi connectivity index (χ2v) is 2.87. The van der Waals surface area contributed by atoms with Crippen LogP contribution in [-0.4, -0.2) is 40.6 Å². The van der Waals surface area contributed by atoms with Crippen molar-refractivity contribution >= 4 is 12.3 Å². The fourth-order valence-electron chi connectivity index (χ4n) is 1.33. The molecular formula is C7H12N2O3. The zero-order valence-corrected chi connectivity index (χ0v) is 6.68. The van der Waals surface area contributed by atoms with Crippen LogP contribution in [0, 0.1) is 5.92 Å². The molecule has 0 atom stereocenters. The van der Waals surface area contributed by atoms with Gasteiger partial charge in [0.05, 0.1) is 0 Å². The van der Waals surface area contributed by atoms with E-state index in [1.807, 2.05) is 0 Å². The quantitative estimate of drug-likeness (QED) is 0.349. The van der Waals surface area contributed by atoms with E-state index in [9.17, 15) is 4.79 Å². The lowest BCUT2D eigenvalue weighted by Gasteiger charge is -2.27. The summed E-state index contributed by atoms with van der Waals surface area (Å²) in [7, 11) is 0. The number of oxime groups is 1. The van der Waals surface area contributed by atoms with E-state index in [0.29, 0.717) is 13.1 Å². The van der Waals surface area contributed by atoms with Gasteiger partial charge in [0.15, 0.2) is 0 Å². The molecule has 0 saturated carbocycles. The third-order valence-electron chi connectivity index (χ3n) is 2.09. The molecule has 1 heterocycles. The highest BCUT2D eigenvalue weighted by Crippen LogP contribution is 2.14. The molecule has 0 aromatic rings. The zero-order valence-electron chi connectivity index (χ0n) is 6.68. The van der Waals surface area contributed by atoms with Crippen molar-refractivity contribution in [3.8, 4) is 0 Å². The van der Waals surface area contributed by atoms with Crippen LogP contribution in [0.2, 0.25) is 0 Å². The van der Waals surface area contributed by atoms with Crippen LogP contribution in [0.25, 0.3) is 0 Å². The summed E-state index contributed by atoms with van der Waals surface area (Å²) in [6, 6.07) is 0. The molecule has 12 heavy (non-hydrogen) atoms. The molecule has 1 fully saturated rings. The molecule has 2 N–H and O–H groups in total. The van der Waals surface area contributed by atoms with Crippen molar-refractivity contribution in [1.82, 2.24) is 4.90 Å².